The highest BCUT2D eigenvalue weighted by molar-refractivity contribution is 5.71. The third kappa shape index (κ3) is 46.8. The van der Waals surface area contributed by atoms with Crippen LogP contribution < -0.4 is 0 Å². The lowest BCUT2D eigenvalue weighted by molar-refractivity contribution is -0.167. The molecular formula is C53H98O6. The quantitative estimate of drug-likeness (QED) is 0.0263. The largest absolute Gasteiger partial charge is 0.462 e. The summed E-state index contributed by atoms with van der Waals surface area (Å²) in [5, 5.41) is 0. The third-order valence-electron chi connectivity index (χ3n) is 11.4. The van der Waals surface area contributed by atoms with Crippen LogP contribution >= 0.6 is 0 Å². The molecule has 0 aliphatic rings. The first-order chi connectivity index (χ1) is 29.0. The maximum atomic E-state index is 12.8. The summed E-state index contributed by atoms with van der Waals surface area (Å²) < 4.78 is 16.8. The van der Waals surface area contributed by atoms with Crippen molar-refractivity contribution in [2.24, 2.45) is 0 Å². The molecule has 0 rings (SSSR count). The lowest BCUT2D eigenvalue weighted by Gasteiger charge is -2.18. The van der Waals surface area contributed by atoms with E-state index in [0.29, 0.717) is 19.3 Å². The van der Waals surface area contributed by atoms with Crippen molar-refractivity contribution in [1.82, 2.24) is 0 Å². The summed E-state index contributed by atoms with van der Waals surface area (Å²) >= 11 is 0. The highest BCUT2D eigenvalue weighted by Crippen LogP contribution is 2.15. The van der Waals surface area contributed by atoms with Crippen molar-refractivity contribution in [3.05, 3.63) is 24.3 Å². The molecule has 0 amide bonds. The van der Waals surface area contributed by atoms with E-state index in [2.05, 4.69) is 45.1 Å². The maximum absolute atomic E-state index is 12.8. The van der Waals surface area contributed by atoms with Crippen LogP contribution in [0.4, 0.5) is 0 Å². The summed E-state index contributed by atoms with van der Waals surface area (Å²) in [6.07, 6.45) is 54.4. The first-order valence-corrected chi connectivity index (χ1v) is 25.8. The molecule has 0 bridgehead atoms. The molecule has 0 aliphatic heterocycles. The Morgan fingerprint density at radius 1 is 0.322 bits per heavy atom. The van der Waals surface area contributed by atoms with Gasteiger partial charge in [-0.1, -0.05) is 212 Å². The number of allylic oxidation sites excluding steroid dienone is 4. The van der Waals surface area contributed by atoms with Crippen LogP contribution in [0.15, 0.2) is 24.3 Å². The van der Waals surface area contributed by atoms with Gasteiger partial charge in [-0.15, -0.1) is 0 Å². The minimum atomic E-state index is -0.773. The number of carbonyl (C=O) groups excluding carboxylic acids is 3. The number of esters is 3. The van der Waals surface area contributed by atoms with Gasteiger partial charge in [0.05, 0.1) is 0 Å². The van der Waals surface area contributed by atoms with Crippen molar-refractivity contribution >= 4 is 17.9 Å². The molecule has 1 unspecified atom stereocenters. The Morgan fingerprint density at radius 2 is 0.559 bits per heavy atom. The molecule has 0 spiro atoms. The van der Waals surface area contributed by atoms with Crippen molar-refractivity contribution < 1.29 is 28.6 Å². The highest BCUT2D eigenvalue weighted by atomic mass is 16.6. The van der Waals surface area contributed by atoms with E-state index in [4.69, 9.17) is 14.2 Å². The predicted octanol–water partition coefficient (Wildman–Crippen LogP) is 16.8. The summed E-state index contributed by atoms with van der Waals surface area (Å²) in [6, 6.07) is 0. The van der Waals surface area contributed by atoms with Gasteiger partial charge >= 0.3 is 17.9 Å². The van der Waals surface area contributed by atoms with Crippen LogP contribution in [0.1, 0.15) is 278 Å². The second-order valence-electron chi connectivity index (χ2n) is 17.4. The van der Waals surface area contributed by atoms with E-state index in [1.807, 2.05) is 0 Å². The van der Waals surface area contributed by atoms with Crippen molar-refractivity contribution in [2.75, 3.05) is 13.2 Å². The Morgan fingerprint density at radius 3 is 0.847 bits per heavy atom. The fourth-order valence-electron chi connectivity index (χ4n) is 7.49. The van der Waals surface area contributed by atoms with E-state index >= 15 is 0 Å². The topological polar surface area (TPSA) is 78.9 Å². The zero-order valence-corrected chi connectivity index (χ0v) is 39.5. The predicted molar refractivity (Wildman–Crippen MR) is 252 cm³/mol. The Balaban J connectivity index is 4.36. The van der Waals surface area contributed by atoms with Gasteiger partial charge in [0.1, 0.15) is 13.2 Å². The third-order valence-corrected chi connectivity index (χ3v) is 11.4. The summed E-state index contributed by atoms with van der Waals surface area (Å²) in [5.74, 6) is -0.880. The van der Waals surface area contributed by atoms with Crippen LogP contribution in [-0.2, 0) is 28.6 Å². The number of hydrogen-bond acceptors (Lipinski definition) is 6. The maximum Gasteiger partial charge on any atom is 0.306 e. The minimum absolute atomic E-state index is 0.0737. The second kappa shape index (κ2) is 48.6. The summed E-state index contributed by atoms with van der Waals surface area (Å²) in [7, 11) is 0. The van der Waals surface area contributed by atoms with Gasteiger partial charge in [-0.25, -0.2) is 0 Å². The lowest BCUT2D eigenvalue weighted by atomic mass is 10.1. The van der Waals surface area contributed by atoms with Crippen molar-refractivity contribution in [1.29, 1.82) is 0 Å². The van der Waals surface area contributed by atoms with E-state index in [9.17, 15) is 14.4 Å². The monoisotopic (exact) mass is 831 g/mol. The number of rotatable bonds is 47. The van der Waals surface area contributed by atoms with E-state index < -0.39 is 6.10 Å². The average molecular weight is 831 g/mol. The molecule has 6 heteroatoms. The number of hydrogen-bond donors (Lipinski definition) is 0. The molecule has 59 heavy (non-hydrogen) atoms. The van der Waals surface area contributed by atoms with Gasteiger partial charge in [-0.3, -0.25) is 14.4 Å². The van der Waals surface area contributed by atoms with Crippen LogP contribution in [0.3, 0.4) is 0 Å². The van der Waals surface area contributed by atoms with Crippen LogP contribution in [0, 0.1) is 0 Å². The Labute approximate surface area is 366 Å². The molecule has 0 aromatic rings. The molecule has 0 N–H and O–H groups in total. The number of unbranched alkanes of at least 4 members (excludes halogenated alkanes) is 32. The summed E-state index contributed by atoms with van der Waals surface area (Å²) in [4.78, 5) is 37.9. The van der Waals surface area contributed by atoms with Gasteiger partial charge < -0.3 is 14.2 Å². The van der Waals surface area contributed by atoms with E-state index in [0.717, 1.165) is 70.6 Å². The molecule has 0 radical (unpaired) electrons. The van der Waals surface area contributed by atoms with Gasteiger partial charge in [-0.05, 0) is 70.6 Å². The molecule has 0 saturated carbocycles. The molecule has 0 aromatic heterocycles. The Hall–Kier alpha value is -2.11. The Kier molecular flexibility index (Phi) is 46.8. The van der Waals surface area contributed by atoms with Crippen LogP contribution in [0.5, 0.6) is 0 Å². The average Bonchev–Trinajstić information content (AvgIpc) is 3.23. The minimum Gasteiger partial charge on any atom is -0.462 e. The molecule has 0 heterocycles. The van der Waals surface area contributed by atoms with Gasteiger partial charge in [0.25, 0.3) is 0 Å². The lowest BCUT2D eigenvalue weighted by Crippen LogP contribution is -2.30. The number of carbonyl (C=O) groups is 3. The van der Waals surface area contributed by atoms with E-state index in [-0.39, 0.29) is 31.1 Å². The molecule has 0 aliphatic carbocycles. The molecule has 0 fully saturated rings. The van der Waals surface area contributed by atoms with Crippen molar-refractivity contribution in [3.8, 4) is 0 Å². The van der Waals surface area contributed by atoms with Crippen LogP contribution in [-0.4, -0.2) is 37.2 Å². The normalized spacial score (nSPS) is 12.1. The standard InChI is InChI=1S/C53H98O6/c1-4-7-10-13-16-19-22-24-26-28-31-34-37-40-43-46-52(55)58-49-50(48-57-51(54)45-42-39-36-33-30-21-18-15-12-9-6-3)59-53(56)47-44-41-38-35-32-29-27-25-23-20-17-14-11-8-5-2/h24-27,50H,4-23,28-49H2,1-3H3. The van der Waals surface area contributed by atoms with Crippen molar-refractivity contribution in [2.45, 2.75) is 284 Å². The highest BCUT2D eigenvalue weighted by Gasteiger charge is 2.19. The zero-order chi connectivity index (χ0) is 43.0. The molecule has 0 aromatic carbocycles. The summed E-state index contributed by atoms with van der Waals surface area (Å²) in [6.45, 7) is 6.63. The van der Waals surface area contributed by atoms with E-state index in [1.165, 1.54) is 167 Å². The smallest absolute Gasteiger partial charge is 0.306 e. The first kappa shape index (κ1) is 56.9. The van der Waals surface area contributed by atoms with Gasteiger partial charge in [0.15, 0.2) is 6.10 Å². The molecular weight excluding hydrogens is 733 g/mol. The SMILES string of the molecule is CCCCCCCCC=CCCCCCCCC(=O)OCC(COC(=O)CCCCCCCCCCCCC)OC(=O)CCCCCCCC=CCCCCCCCC. The molecule has 0 saturated heterocycles. The summed E-state index contributed by atoms with van der Waals surface area (Å²) in [5.41, 5.74) is 0. The number of ether oxygens (including phenoxy) is 3. The first-order valence-electron chi connectivity index (χ1n) is 25.8. The van der Waals surface area contributed by atoms with Gasteiger partial charge in [0.2, 0.25) is 0 Å². The van der Waals surface area contributed by atoms with Crippen LogP contribution in [0.2, 0.25) is 0 Å². The zero-order valence-electron chi connectivity index (χ0n) is 39.5. The van der Waals surface area contributed by atoms with E-state index in [1.54, 1.807) is 0 Å². The van der Waals surface area contributed by atoms with Gasteiger partial charge in [-0.2, -0.15) is 0 Å². The fourth-order valence-corrected chi connectivity index (χ4v) is 7.49. The van der Waals surface area contributed by atoms with Crippen molar-refractivity contribution in [3.63, 3.8) is 0 Å². The van der Waals surface area contributed by atoms with Gasteiger partial charge in [0, 0.05) is 19.3 Å². The van der Waals surface area contributed by atoms with Crippen LogP contribution in [0.25, 0.3) is 0 Å². The molecule has 6 nitrogen and oxygen atoms in total. The fraction of sp³-hybridized carbons (Fsp3) is 0.868. The second-order valence-corrected chi connectivity index (χ2v) is 17.4. The molecule has 1 atom stereocenters. The molecule has 346 valence electrons. The Bertz CT molecular complexity index is 958.